The van der Waals surface area contributed by atoms with Crippen molar-refractivity contribution in [2.45, 2.75) is 57.0 Å². The molecule has 2 fully saturated rings. The van der Waals surface area contributed by atoms with E-state index in [0.717, 1.165) is 37.7 Å². The summed E-state index contributed by atoms with van der Waals surface area (Å²) in [4.78, 5) is 0. The van der Waals surface area contributed by atoms with E-state index in [-0.39, 0.29) is 24.0 Å². The largest absolute Gasteiger partial charge is 0.508 e. The van der Waals surface area contributed by atoms with Crippen molar-refractivity contribution in [1.82, 2.24) is 0 Å². The fourth-order valence-corrected chi connectivity index (χ4v) is 5.86. The van der Waals surface area contributed by atoms with Gasteiger partial charge in [-0.25, -0.2) is 0 Å². The van der Waals surface area contributed by atoms with Gasteiger partial charge in [-0.1, -0.05) is 13.0 Å². The smallest absolute Gasteiger partial charge is 0.115 e. The molecule has 3 nitrogen and oxygen atoms in total. The van der Waals surface area contributed by atoms with Gasteiger partial charge in [0.25, 0.3) is 0 Å². The molecule has 2 saturated carbocycles. The third-order valence-corrected chi connectivity index (χ3v) is 7.07. The second-order valence-electron chi connectivity index (χ2n) is 7.94. The fraction of sp³-hybridized carbons (Fsp3) is 0.684. The minimum Gasteiger partial charge on any atom is -0.508 e. The zero-order valence-corrected chi connectivity index (χ0v) is 13.2. The average Bonchev–Trinajstić information content (AvgIpc) is 2.82. The Labute approximate surface area is 132 Å². The average molecular weight is 302 g/mol. The van der Waals surface area contributed by atoms with Gasteiger partial charge in [-0.15, -0.1) is 0 Å². The van der Waals surface area contributed by atoms with Crippen LogP contribution in [0.4, 0.5) is 0 Å². The highest BCUT2D eigenvalue weighted by molar-refractivity contribution is 5.42. The SMILES string of the molecule is C[C@]12CCC3c4ccc(O)cc4[C@H](CO)CC3C1CCC2O. The van der Waals surface area contributed by atoms with Gasteiger partial charge in [-0.05, 0) is 78.5 Å². The van der Waals surface area contributed by atoms with E-state index in [9.17, 15) is 15.3 Å². The van der Waals surface area contributed by atoms with Crippen LogP contribution in [0.3, 0.4) is 0 Å². The highest BCUT2D eigenvalue weighted by Gasteiger charge is 2.55. The highest BCUT2D eigenvalue weighted by atomic mass is 16.3. The van der Waals surface area contributed by atoms with Crippen molar-refractivity contribution in [3.63, 3.8) is 0 Å². The molecular weight excluding hydrogens is 276 g/mol. The first kappa shape index (κ1) is 14.5. The maximum absolute atomic E-state index is 10.4. The minimum absolute atomic E-state index is 0.0651. The molecular formula is C19H26O3. The molecule has 0 saturated heterocycles. The lowest BCUT2D eigenvalue weighted by molar-refractivity contribution is -0.0265. The van der Waals surface area contributed by atoms with Crippen molar-refractivity contribution in [3.05, 3.63) is 29.3 Å². The van der Waals surface area contributed by atoms with E-state index in [1.54, 1.807) is 6.07 Å². The Morgan fingerprint density at radius 2 is 2.00 bits per heavy atom. The number of hydrogen-bond acceptors (Lipinski definition) is 3. The molecule has 0 aliphatic heterocycles. The molecule has 0 amide bonds. The second kappa shape index (κ2) is 4.97. The Morgan fingerprint density at radius 1 is 1.18 bits per heavy atom. The summed E-state index contributed by atoms with van der Waals surface area (Å²) in [5.74, 6) is 2.08. The summed E-state index contributed by atoms with van der Waals surface area (Å²) in [6, 6.07) is 5.70. The molecule has 6 atom stereocenters. The number of aliphatic hydroxyl groups is 2. The summed E-state index contributed by atoms with van der Waals surface area (Å²) in [5.41, 5.74) is 2.54. The van der Waals surface area contributed by atoms with E-state index >= 15 is 0 Å². The van der Waals surface area contributed by atoms with E-state index in [2.05, 4.69) is 13.0 Å². The lowest BCUT2D eigenvalue weighted by atomic mass is 9.54. The number of fused-ring (bicyclic) bond motifs is 5. The monoisotopic (exact) mass is 302 g/mol. The van der Waals surface area contributed by atoms with Crippen LogP contribution < -0.4 is 0 Å². The van der Waals surface area contributed by atoms with Crippen molar-refractivity contribution in [3.8, 4) is 5.75 Å². The quantitative estimate of drug-likeness (QED) is 0.747. The standard InChI is InChI=1S/C19H26O3/c1-19-7-6-14-13-3-2-12(21)9-15(13)11(10-20)8-16(14)17(19)4-5-18(19)22/h2-3,9,11,14,16-18,20-22H,4-8,10H2,1H3/t11-,14?,16?,17?,18?,19-/m0/s1. The Bertz CT molecular complexity index is 584. The summed E-state index contributed by atoms with van der Waals surface area (Å²) in [6.45, 7) is 2.41. The third-order valence-electron chi connectivity index (χ3n) is 7.07. The first-order chi connectivity index (χ1) is 10.5. The summed E-state index contributed by atoms with van der Waals surface area (Å²) in [5, 5.41) is 30.1. The molecule has 4 unspecified atom stereocenters. The van der Waals surface area contributed by atoms with Crippen molar-refractivity contribution in [1.29, 1.82) is 0 Å². The number of benzene rings is 1. The molecule has 0 heterocycles. The summed E-state index contributed by atoms with van der Waals surface area (Å²) >= 11 is 0. The van der Waals surface area contributed by atoms with Gasteiger partial charge in [0, 0.05) is 12.5 Å². The molecule has 0 radical (unpaired) electrons. The lowest BCUT2D eigenvalue weighted by Crippen LogP contribution is -2.44. The normalized spacial score (nSPS) is 43.3. The lowest BCUT2D eigenvalue weighted by Gasteiger charge is -2.51. The topological polar surface area (TPSA) is 60.7 Å². The predicted octanol–water partition coefficient (Wildman–Crippen LogP) is 3.14. The van der Waals surface area contributed by atoms with Gasteiger partial charge in [0.15, 0.2) is 0 Å². The number of phenols is 1. The number of rotatable bonds is 1. The Balaban J connectivity index is 1.76. The summed E-state index contributed by atoms with van der Waals surface area (Å²) in [6.07, 6.45) is 5.08. The van der Waals surface area contributed by atoms with Crippen molar-refractivity contribution < 1.29 is 15.3 Å². The van der Waals surface area contributed by atoms with Gasteiger partial charge < -0.3 is 15.3 Å². The zero-order chi connectivity index (χ0) is 15.5. The maximum Gasteiger partial charge on any atom is 0.115 e. The number of aliphatic hydroxyl groups excluding tert-OH is 2. The Morgan fingerprint density at radius 3 is 2.77 bits per heavy atom. The van der Waals surface area contributed by atoms with E-state index in [0.29, 0.717) is 23.5 Å². The highest BCUT2D eigenvalue weighted by Crippen LogP contribution is 2.62. The first-order valence-electron chi connectivity index (χ1n) is 8.66. The molecule has 3 N–H and O–H groups in total. The van der Waals surface area contributed by atoms with Gasteiger partial charge in [-0.3, -0.25) is 0 Å². The predicted molar refractivity (Wildman–Crippen MR) is 84.9 cm³/mol. The molecule has 1 aromatic carbocycles. The third kappa shape index (κ3) is 1.88. The molecule has 0 bridgehead atoms. The van der Waals surface area contributed by atoms with Crippen LogP contribution in [-0.2, 0) is 0 Å². The van der Waals surface area contributed by atoms with Crippen LogP contribution in [0, 0.1) is 17.3 Å². The number of hydrogen-bond donors (Lipinski definition) is 3. The first-order valence-corrected chi connectivity index (χ1v) is 8.66. The summed E-state index contributed by atoms with van der Waals surface area (Å²) in [7, 11) is 0. The molecule has 22 heavy (non-hydrogen) atoms. The van der Waals surface area contributed by atoms with Crippen molar-refractivity contribution in [2.24, 2.45) is 17.3 Å². The molecule has 120 valence electrons. The molecule has 4 rings (SSSR count). The van der Waals surface area contributed by atoms with Crippen LogP contribution >= 0.6 is 0 Å². The molecule has 0 aromatic heterocycles. The Kier molecular flexibility index (Phi) is 3.28. The van der Waals surface area contributed by atoms with Crippen LogP contribution in [-0.4, -0.2) is 28.0 Å². The minimum atomic E-state index is -0.160. The van der Waals surface area contributed by atoms with E-state index in [4.69, 9.17) is 0 Å². The van der Waals surface area contributed by atoms with Gasteiger partial charge in [0.05, 0.1) is 6.10 Å². The van der Waals surface area contributed by atoms with Crippen LogP contribution in [0.25, 0.3) is 0 Å². The molecule has 3 aliphatic carbocycles. The van der Waals surface area contributed by atoms with E-state index in [1.165, 1.54) is 5.56 Å². The number of phenolic OH excluding ortho intramolecular Hbond substituents is 1. The van der Waals surface area contributed by atoms with Crippen molar-refractivity contribution in [2.75, 3.05) is 6.61 Å². The second-order valence-corrected chi connectivity index (χ2v) is 7.94. The van der Waals surface area contributed by atoms with Gasteiger partial charge in [0.2, 0.25) is 0 Å². The van der Waals surface area contributed by atoms with Crippen LogP contribution in [0.15, 0.2) is 18.2 Å². The molecule has 1 aromatic rings. The van der Waals surface area contributed by atoms with Gasteiger partial charge in [-0.2, -0.15) is 0 Å². The van der Waals surface area contributed by atoms with Crippen LogP contribution in [0.5, 0.6) is 5.75 Å². The molecule has 3 heteroatoms. The zero-order valence-electron chi connectivity index (χ0n) is 13.2. The van der Waals surface area contributed by atoms with E-state index < -0.39 is 0 Å². The fourth-order valence-electron chi connectivity index (χ4n) is 5.86. The maximum atomic E-state index is 10.4. The number of aromatic hydroxyl groups is 1. The van der Waals surface area contributed by atoms with Crippen LogP contribution in [0.2, 0.25) is 0 Å². The molecule has 0 spiro atoms. The summed E-state index contributed by atoms with van der Waals surface area (Å²) < 4.78 is 0. The van der Waals surface area contributed by atoms with Crippen molar-refractivity contribution >= 4 is 0 Å². The van der Waals surface area contributed by atoms with Crippen LogP contribution in [0.1, 0.15) is 62.0 Å². The van der Waals surface area contributed by atoms with E-state index in [1.807, 2.05) is 6.07 Å². The Hall–Kier alpha value is -1.06. The molecule has 3 aliphatic rings. The van der Waals surface area contributed by atoms with Gasteiger partial charge >= 0.3 is 0 Å². The van der Waals surface area contributed by atoms with Gasteiger partial charge in [0.1, 0.15) is 5.75 Å².